The second-order valence-corrected chi connectivity index (χ2v) is 6.97. The van der Waals surface area contributed by atoms with Crippen molar-refractivity contribution in [2.45, 2.75) is 11.4 Å². The van der Waals surface area contributed by atoms with Crippen LogP contribution in [0.4, 0.5) is 18.9 Å². The summed E-state index contributed by atoms with van der Waals surface area (Å²) in [5, 5.41) is 0.318. The molecule has 7 nitrogen and oxygen atoms in total. The molecule has 1 aromatic heterocycles. The first-order valence-electron chi connectivity index (χ1n) is 7.27. The Labute approximate surface area is 150 Å². The lowest BCUT2D eigenvalue weighted by Crippen LogP contribution is -2.36. The number of hydrogen-bond donors (Lipinski definition) is 3. The molecule has 0 bridgehead atoms. The van der Waals surface area contributed by atoms with E-state index in [9.17, 15) is 30.9 Å². The summed E-state index contributed by atoms with van der Waals surface area (Å²) in [7, 11) is -4.81. The minimum atomic E-state index is -4.81. The van der Waals surface area contributed by atoms with Gasteiger partial charge in [-0.3, -0.25) is 9.35 Å². The summed E-state index contributed by atoms with van der Waals surface area (Å²) >= 11 is 0. The van der Waals surface area contributed by atoms with Crippen LogP contribution in [0.3, 0.4) is 0 Å². The van der Waals surface area contributed by atoms with Gasteiger partial charge in [0, 0.05) is 5.69 Å². The van der Waals surface area contributed by atoms with Crippen LogP contribution in [-0.2, 0) is 21.1 Å². The number of nitrogens with one attached hydrogen (secondary N) is 2. The van der Waals surface area contributed by atoms with Crippen molar-refractivity contribution in [3.05, 3.63) is 59.3 Å². The Morgan fingerprint density at radius 3 is 2.63 bits per heavy atom. The van der Waals surface area contributed by atoms with Gasteiger partial charge >= 0.3 is 6.18 Å². The van der Waals surface area contributed by atoms with E-state index in [4.69, 9.17) is 0 Å². The maximum absolute atomic E-state index is 12.7. The highest BCUT2D eigenvalue weighted by atomic mass is 32.2. The normalized spacial score (nSPS) is 15.0. The zero-order chi connectivity index (χ0) is 19.8. The van der Waals surface area contributed by atoms with Gasteiger partial charge in [-0.15, -0.1) is 0 Å². The third-order valence-electron chi connectivity index (χ3n) is 3.54. The number of fused-ring (bicyclic) bond motifs is 1. The van der Waals surface area contributed by atoms with E-state index >= 15 is 0 Å². The van der Waals surface area contributed by atoms with E-state index in [1.807, 2.05) is 0 Å². The molecule has 0 saturated carbocycles. The Bertz CT molecular complexity index is 1170. The van der Waals surface area contributed by atoms with Crippen LogP contribution in [0.15, 0.2) is 53.5 Å². The Hall–Kier alpha value is -3.10. The van der Waals surface area contributed by atoms with Gasteiger partial charge in [0.15, 0.2) is 5.25 Å². The minimum absolute atomic E-state index is 0.00817. The van der Waals surface area contributed by atoms with E-state index in [-0.39, 0.29) is 22.3 Å². The van der Waals surface area contributed by atoms with Crippen LogP contribution in [0.25, 0.3) is 11.0 Å². The predicted octanol–water partition coefficient (Wildman–Crippen LogP) is 2.58. The van der Waals surface area contributed by atoms with Gasteiger partial charge in [0.1, 0.15) is 0 Å². The number of aromatic nitrogens is 2. The number of anilines is 1. The Morgan fingerprint density at radius 2 is 2.04 bits per heavy atom. The van der Waals surface area contributed by atoms with Crippen LogP contribution in [0.1, 0.15) is 5.82 Å². The van der Waals surface area contributed by atoms with Gasteiger partial charge in [-0.1, -0.05) is 11.5 Å². The lowest BCUT2D eigenvalue weighted by atomic mass is 10.1. The van der Waals surface area contributed by atoms with E-state index in [0.717, 1.165) is 0 Å². The number of carbonyl (C=O) groups is 1. The number of aromatic amines is 1. The molecule has 1 aliphatic carbocycles. The monoisotopic (exact) mass is 397 g/mol. The molecule has 1 aromatic carbocycles. The fraction of sp³-hybridized carbons (Fsp3) is 0.125. The van der Waals surface area contributed by atoms with Gasteiger partial charge in [-0.05, 0) is 42.0 Å². The van der Waals surface area contributed by atoms with Crippen molar-refractivity contribution in [3.63, 3.8) is 0 Å². The van der Waals surface area contributed by atoms with Crippen LogP contribution in [-0.4, -0.2) is 34.1 Å². The van der Waals surface area contributed by atoms with Gasteiger partial charge in [-0.2, -0.15) is 21.6 Å². The van der Waals surface area contributed by atoms with Crippen molar-refractivity contribution < 1.29 is 30.9 Å². The molecule has 1 heterocycles. The van der Waals surface area contributed by atoms with Gasteiger partial charge in [0.05, 0.1) is 11.0 Å². The van der Waals surface area contributed by atoms with Crippen LogP contribution in [0.2, 0.25) is 0 Å². The number of benzene rings is 1. The van der Waals surface area contributed by atoms with E-state index in [0.29, 0.717) is 0 Å². The molecule has 1 atom stereocenters. The number of nitrogens with zero attached hydrogens (tertiary/aromatic N) is 1. The molecule has 11 heteroatoms. The topological polar surface area (TPSA) is 112 Å². The maximum Gasteiger partial charge on any atom is 0.449 e. The first-order chi connectivity index (χ1) is 12.6. The molecule has 1 aliphatic rings. The van der Waals surface area contributed by atoms with Crippen molar-refractivity contribution in [1.29, 1.82) is 0 Å². The number of rotatable bonds is 4. The second kappa shape index (κ2) is 6.57. The molecular formula is C16H10F3N3O4S. The molecule has 3 rings (SSSR count). The molecule has 3 N–H and O–H groups in total. The Kier molecular flexibility index (Phi) is 4.54. The average Bonchev–Trinajstić information content (AvgIpc) is 2.98. The van der Waals surface area contributed by atoms with Crippen LogP contribution >= 0.6 is 0 Å². The van der Waals surface area contributed by atoms with Gasteiger partial charge in [-0.25, -0.2) is 4.98 Å². The maximum atomic E-state index is 12.7. The summed E-state index contributed by atoms with van der Waals surface area (Å²) in [5.74, 6) is -2.29. The number of amides is 1. The number of alkyl halides is 3. The molecule has 1 amide bonds. The quantitative estimate of drug-likeness (QED) is 0.542. The number of allylic oxidation sites excluding steroid dienone is 3. The predicted molar refractivity (Wildman–Crippen MR) is 89.3 cm³/mol. The number of hydrogen-bond acceptors (Lipinski definition) is 4. The largest absolute Gasteiger partial charge is 0.449 e. The summed E-state index contributed by atoms with van der Waals surface area (Å²) in [6.07, 6.45) is -0.913. The van der Waals surface area contributed by atoms with E-state index < -0.39 is 33.3 Å². The fourth-order valence-corrected chi connectivity index (χ4v) is 3.23. The van der Waals surface area contributed by atoms with E-state index in [2.05, 4.69) is 26.7 Å². The number of H-pyrrole nitrogens is 1. The first-order valence-corrected chi connectivity index (χ1v) is 8.78. The molecule has 0 saturated heterocycles. The summed E-state index contributed by atoms with van der Waals surface area (Å²) in [6.45, 7) is 0. The molecule has 0 fully saturated rings. The molecule has 0 radical (unpaired) electrons. The Balaban J connectivity index is 1.91. The first kappa shape index (κ1) is 18.7. The lowest BCUT2D eigenvalue weighted by Gasteiger charge is -2.15. The molecule has 2 aromatic rings. The molecule has 27 heavy (non-hydrogen) atoms. The summed E-state index contributed by atoms with van der Waals surface area (Å²) in [4.78, 5) is 17.8. The number of carbonyl (C=O) groups excluding carboxylic acids is 1. The van der Waals surface area contributed by atoms with Crippen molar-refractivity contribution in [1.82, 2.24) is 9.97 Å². The van der Waals surface area contributed by atoms with Crippen molar-refractivity contribution in [2.75, 3.05) is 5.32 Å². The number of imidazole rings is 1. The van der Waals surface area contributed by atoms with Crippen molar-refractivity contribution in [3.8, 4) is 0 Å². The lowest BCUT2D eigenvalue weighted by molar-refractivity contribution is -0.144. The highest BCUT2D eigenvalue weighted by Gasteiger charge is 2.35. The second-order valence-electron chi connectivity index (χ2n) is 5.47. The van der Waals surface area contributed by atoms with Crippen LogP contribution in [0.5, 0.6) is 0 Å². The fourth-order valence-electron chi connectivity index (χ4n) is 2.41. The third kappa shape index (κ3) is 4.02. The zero-order valence-corrected chi connectivity index (χ0v) is 14.0. The highest BCUT2D eigenvalue weighted by molar-refractivity contribution is 7.87. The van der Waals surface area contributed by atoms with Crippen molar-refractivity contribution in [2.24, 2.45) is 0 Å². The zero-order valence-electron chi connectivity index (χ0n) is 13.2. The SMILES string of the molecule is O=C(Nc1ccc2nc(C(F)(F)F)[nH]c2c1)C(C1=CC=C=C=C1)S(=O)(=O)O. The summed E-state index contributed by atoms with van der Waals surface area (Å²) in [5.41, 5.74) is 4.98. The molecule has 0 aliphatic heterocycles. The molecule has 1 unspecified atom stereocenters. The Morgan fingerprint density at radius 1 is 1.30 bits per heavy atom. The highest BCUT2D eigenvalue weighted by Crippen LogP contribution is 2.29. The van der Waals surface area contributed by atoms with Gasteiger partial charge < -0.3 is 10.3 Å². The molecule has 140 valence electrons. The minimum Gasteiger partial charge on any atom is -0.334 e. The van der Waals surface area contributed by atoms with Gasteiger partial charge in [0.25, 0.3) is 10.1 Å². The van der Waals surface area contributed by atoms with E-state index in [1.165, 1.54) is 36.4 Å². The van der Waals surface area contributed by atoms with Gasteiger partial charge in [0.2, 0.25) is 11.7 Å². The molecular weight excluding hydrogens is 387 g/mol. The van der Waals surface area contributed by atoms with E-state index in [1.54, 1.807) is 0 Å². The van der Waals surface area contributed by atoms with Crippen LogP contribution in [0, 0.1) is 0 Å². The summed E-state index contributed by atoms with van der Waals surface area (Å²) in [6, 6.07) is 3.65. The average molecular weight is 397 g/mol. The number of halogens is 3. The van der Waals surface area contributed by atoms with Crippen LogP contribution < -0.4 is 5.32 Å². The summed E-state index contributed by atoms with van der Waals surface area (Å²) < 4.78 is 70.7. The van der Waals surface area contributed by atoms with Crippen molar-refractivity contribution >= 4 is 32.7 Å². The molecule has 0 spiro atoms. The smallest absolute Gasteiger partial charge is 0.334 e. The third-order valence-corrected chi connectivity index (χ3v) is 4.62. The standard InChI is InChI=1S/C16H10F3N3O4S/c17-16(18,19)15-21-11-7-6-10(8-12(11)22-15)20-14(23)13(27(24,25)26)9-4-2-1-3-5-9/h2,4-8,13H,(H,20,23)(H,21,22)(H,24,25,26).